The van der Waals surface area contributed by atoms with Crippen LogP contribution in [0.15, 0.2) is 24.3 Å². The van der Waals surface area contributed by atoms with E-state index in [0.717, 1.165) is 44.3 Å². The lowest BCUT2D eigenvalue weighted by molar-refractivity contribution is -0.143. The predicted octanol–water partition coefficient (Wildman–Crippen LogP) is 3.56. The van der Waals surface area contributed by atoms with Crippen LogP contribution in [0.4, 0.5) is 0 Å². The first kappa shape index (κ1) is 20.7. The van der Waals surface area contributed by atoms with Crippen LogP contribution in [-0.2, 0) is 16.0 Å². The number of ether oxygens (including phenoxy) is 1. The van der Waals surface area contributed by atoms with Gasteiger partial charge in [0.1, 0.15) is 12.4 Å². The summed E-state index contributed by atoms with van der Waals surface area (Å²) < 4.78 is 6.00. The van der Waals surface area contributed by atoms with Crippen molar-refractivity contribution in [1.29, 1.82) is 0 Å². The lowest BCUT2D eigenvalue weighted by Crippen LogP contribution is -2.53. The second-order valence-electron chi connectivity index (χ2n) is 8.76. The number of likely N-dealkylation sites (tertiary alicyclic amines) is 1. The zero-order chi connectivity index (χ0) is 20.1. The fourth-order valence-electron chi connectivity index (χ4n) is 4.37. The van der Waals surface area contributed by atoms with Crippen LogP contribution in [0.2, 0.25) is 0 Å². The number of amides is 2. The van der Waals surface area contributed by atoms with Gasteiger partial charge in [-0.2, -0.15) is 0 Å². The van der Waals surface area contributed by atoms with E-state index < -0.39 is 0 Å². The lowest BCUT2D eigenvalue weighted by atomic mass is 9.73. The maximum Gasteiger partial charge on any atom is 0.226 e. The molecule has 5 nitrogen and oxygen atoms in total. The summed E-state index contributed by atoms with van der Waals surface area (Å²) in [5.41, 5.74) is 0.883. The number of nitrogens with zero attached hydrogens (tertiary/aromatic N) is 1. The van der Waals surface area contributed by atoms with Crippen LogP contribution in [0, 0.1) is 11.3 Å². The third kappa shape index (κ3) is 4.68. The Balaban J connectivity index is 1.71. The number of piperidine rings is 1. The third-order valence-electron chi connectivity index (χ3n) is 6.20. The number of rotatable bonds is 1. The summed E-state index contributed by atoms with van der Waals surface area (Å²) in [5, 5.41) is 3.19. The van der Waals surface area contributed by atoms with Crippen molar-refractivity contribution in [2.75, 3.05) is 19.7 Å². The van der Waals surface area contributed by atoms with Gasteiger partial charge in [0.2, 0.25) is 11.8 Å². The highest BCUT2D eigenvalue weighted by Gasteiger charge is 2.42. The van der Waals surface area contributed by atoms with Crippen LogP contribution in [0.3, 0.4) is 0 Å². The van der Waals surface area contributed by atoms with Crippen molar-refractivity contribution < 1.29 is 14.3 Å². The number of hydrogen-bond donors (Lipinski definition) is 1. The molecule has 0 bridgehead atoms. The SMILES string of the molecule is CC(C)C(=O)N1CCC2(CCCCc3ccccc3OC[C@@H](C)NC2=O)CC1. The second-order valence-corrected chi connectivity index (χ2v) is 8.76. The minimum absolute atomic E-state index is 0.0106. The van der Waals surface area contributed by atoms with Crippen molar-refractivity contribution in [3.63, 3.8) is 0 Å². The van der Waals surface area contributed by atoms with Crippen LogP contribution < -0.4 is 10.1 Å². The van der Waals surface area contributed by atoms with Crippen LogP contribution in [0.5, 0.6) is 5.75 Å². The molecule has 2 heterocycles. The fourth-order valence-corrected chi connectivity index (χ4v) is 4.37. The largest absolute Gasteiger partial charge is 0.491 e. The number of para-hydroxylation sites is 1. The summed E-state index contributed by atoms with van der Waals surface area (Å²) in [6.07, 6.45) is 5.41. The van der Waals surface area contributed by atoms with Gasteiger partial charge in [-0.25, -0.2) is 0 Å². The summed E-state index contributed by atoms with van der Waals surface area (Å²) in [4.78, 5) is 27.5. The van der Waals surface area contributed by atoms with E-state index in [1.807, 2.05) is 37.8 Å². The van der Waals surface area contributed by atoms with Gasteiger partial charge in [0, 0.05) is 19.0 Å². The Kier molecular flexibility index (Phi) is 6.63. The van der Waals surface area contributed by atoms with E-state index in [1.54, 1.807) is 0 Å². The number of fused-ring (bicyclic) bond motifs is 1. The Morgan fingerprint density at radius 3 is 2.61 bits per heavy atom. The maximum absolute atomic E-state index is 13.2. The van der Waals surface area contributed by atoms with Crippen LogP contribution in [-0.4, -0.2) is 42.5 Å². The predicted molar refractivity (Wildman–Crippen MR) is 110 cm³/mol. The molecule has 2 amide bonds. The highest BCUT2D eigenvalue weighted by molar-refractivity contribution is 5.84. The molecule has 0 unspecified atom stereocenters. The van der Waals surface area contributed by atoms with E-state index in [1.165, 1.54) is 5.56 Å². The highest BCUT2D eigenvalue weighted by atomic mass is 16.5. The molecule has 28 heavy (non-hydrogen) atoms. The Morgan fingerprint density at radius 2 is 1.89 bits per heavy atom. The van der Waals surface area contributed by atoms with E-state index in [9.17, 15) is 9.59 Å². The molecule has 1 N–H and O–H groups in total. The Hall–Kier alpha value is -2.04. The normalized spacial score (nSPS) is 23.2. The minimum atomic E-state index is -0.360. The van der Waals surface area contributed by atoms with Crippen molar-refractivity contribution in [2.24, 2.45) is 11.3 Å². The molecule has 2 aliphatic heterocycles. The van der Waals surface area contributed by atoms with Gasteiger partial charge in [0.25, 0.3) is 0 Å². The quantitative estimate of drug-likeness (QED) is 0.803. The van der Waals surface area contributed by atoms with Crippen molar-refractivity contribution in [3.05, 3.63) is 29.8 Å². The van der Waals surface area contributed by atoms with Gasteiger partial charge in [0.15, 0.2) is 0 Å². The van der Waals surface area contributed by atoms with E-state index in [-0.39, 0.29) is 29.2 Å². The molecule has 0 radical (unpaired) electrons. The highest BCUT2D eigenvalue weighted by Crippen LogP contribution is 2.38. The van der Waals surface area contributed by atoms with E-state index in [0.29, 0.717) is 19.7 Å². The molecule has 154 valence electrons. The molecule has 1 spiro atoms. The molecule has 5 heteroatoms. The zero-order valence-electron chi connectivity index (χ0n) is 17.5. The lowest BCUT2D eigenvalue weighted by Gasteiger charge is -2.42. The number of aryl methyl sites for hydroxylation is 1. The topological polar surface area (TPSA) is 58.6 Å². The first-order chi connectivity index (χ1) is 13.4. The number of carbonyl (C=O) groups excluding carboxylic acids is 2. The van der Waals surface area contributed by atoms with Crippen LogP contribution in [0.25, 0.3) is 0 Å². The summed E-state index contributed by atoms with van der Waals surface area (Å²) in [6, 6.07) is 8.15. The van der Waals surface area contributed by atoms with Crippen molar-refractivity contribution in [2.45, 2.75) is 65.3 Å². The van der Waals surface area contributed by atoms with Gasteiger partial charge in [-0.05, 0) is 50.7 Å². The molecule has 1 aromatic carbocycles. The van der Waals surface area contributed by atoms with Crippen LogP contribution >= 0.6 is 0 Å². The number of nitrogens with one attached hydrogen (secondary N) is 1. The molecular formula is C23H34N2O3. The van der Waals surface area contributed by atoms with Crippen molar-refractivity contribution >= 4 is 11.8 Å². The smallest absolute Gasteiger partial charge is 0.226 e. The van der Waals surface area contributed by atoms with Gasteiger partial charge < -0.3 is 15.0 Å². The molecule has 1 atom stereocenters. The molecule has 3 rings (SSSR count). The second kappa shape index (κ2) is 8.97. The number of benzene rings is 1. The molecule has 1 aromatic rings. The number of carbonyl (C=O) groups is 2. The molecule has 1 saturated heterocycles. The maximum atomic E-state index is 13.2. The van der Waals surface area contributed by atoms with Gasteiger partial charge in [-0.15, -0.1) is 0 Å². The molecule has 2 aliphatic rings. The average Bonchev–Trinajstić information content (AvgIpc) is 2.69. The molecule has 0 aliphatic carbocycles. The number of hydrogen-bond acceptors (Lipinski definition) is 3. The van der Waals surface area contributed by atoms with Gasteiger partial charge >= 0.3 is 0 Å². The minimum Gasteiger partial charge on any atom is -0.491 e. The van der Waals surface area contributed by atoms with Gasteiger partial charge in [-0.3, -0.25) is 9.59 Å². The first-order valence-corrected chi connectivity index (χ1v) is 10.7. The molecule has 0 aromatic heterocycles. The average molecular weight is 387 g/mol. The Labute approximate surface area is 168 Å². The van der Waals surface area contributed by atoms with E-state index in [2.05, 4.69) is 17.4 Å². The monoisotopic (exact) mass is 386 g/mol. The van der Waals surface area contributed by atoms with E-state index in [4.69, 9.17) is 4.74 Å². The summed E-state index contributed by atoms with van der Waals surface area (Å²) in [7, 11) is 0. The summed E-state index contributed by atoms with van der Waals surface area (Å²) in [6.45, 7) is 7.70. The van der Waals surface area contributed by atoms with Gasteiger partial charge in [0.05, 0.1) is 11.5 Å². The standard InChI is InChI=1S/C23H34N2O3/c1-17(2)21(26)25-14-12-23(13-15-25)11-7-6-9-19-8-4-5-10-20(19)28-16-18(3)24-22(23)27/h4-5,8,10,17-18H,6-7,9,11-16H2,1-3H3,(H,24,27)/t18-/m1/s1. The third-order valence-corrected chi connectivity index (χ3v) is 6.20. The molecular weight excluding hydrogens is 352 g/mol. The van der Waals surface area contributed by atoms with Crippen LogP contribution in [0.1, 0.15) is 58.4 Å². The summed E-state index contributed by atoms with van der Waals surface area (Å²) >= 11 is 0. The summed E-state index contributed by atoms with van der Waals surface area (Å²) in [5.74, 6) is 1.27. The zero-order valence-corrected chi connectivity index (χ0v) is 17.5. The molecule has 0 saturated carbocycles. The van der Waals surface area contributed by atoms with Gasteiger partial charge in [-0.1, -0.05) is 38.5 Å². The first-order valence-electron chi connectivity index (χ1n) is 10.7. The molecule has 1 fully saturated rings. The Bertz CT molecular complexity index is 693. The van der Waals surface area contributed by atoms with Crippen molar-refractivity contribution in [3.8, 4) is 5.75 Å². The van der Waals surface area contributed by atoms with E-state index >= 15 is 0 Å². The van der Waals surface area contributed by atoms with Crippen molar-refractivity contribution in [1.82, 2.24) is 10.2 Å². The Morgan fingerprint density at radius 1 is 1.18 bits per heavy atom. The fraction of sp³-hybridized carbons (Fsp3) is 0.652.